The second kappa shape index (κ2) is 10.6. The van der Waals surface area contributed by atoms with Crippen molar-refractivity contribution < 1.29 is 22.4 Å². The van der Waals surface area contributed by atoms with Crippen LogP contribution in [0.25, 0.3) is 11.3 Å². The Bertz CT molecular complexity index is 1760. The van der Waals surface area contributed by atoms with Crippen LogP contribution in [0.15, 0.2) is 76.5 Å². The van der Waals surface area contributed by atoms with Crippen molar-refractivity contribution in [3.8, 4) is 11.3 Å². The number of imidazole rings is 1. The van der Waals surface area contributed by atoms with Crippen molar-refractivity contribution in [3.63, 3.8) is 0 Å². The van der Waals surface area contributed by atoms with Crippen LogP contribution in [0.2, 0.25) is 10.0 Å². The first kappa shape index (κ1) is 28.5. The number of sulfonamides is 1. The van der Waals surface area contributed by atoms with Crippen molar-refractivity contribution in [3.05, 3.63) is 82.7 Å². The number of hydrogen-bond donors (Lipinski definition) is 0. The minimum absolute atomic E-state index is 0.104. The van der Waals surface area contributed by atoms with Crippen molar-refractivity contribution in [1.29, 1.82) is 0 Å². The molecule has 2 aromatic carbocycles. The van der Waals surface area contributed by atoms with Crippen molar-refractivity contribution in [1.82, 2.24) is 18.8 Å². The first-order valence-electron chi connectivity index (χ1n) is 13.3. The lowest BCUT2D eigenvalue weighted by Crippen LogP contribution is -2.50. The third-order valence-electron chi connectivity index (χ3n) is 7.77. The molecular formula is C29H27Cl2N5O5S. The van der Waals surface area contributed by atoms with Gasteiger partial charge in [-0.2, -0.15) is 4.31 Å². The number of carbonyl (C=O) groups excluding carboxylic acids is 2. The van der Waals surface area contributed by atoms with Crippen LogP contribution in [0.1, 0.15) is 19.4 Å². The molecule has 0 saturated carbocycles. The number of amides is 2. The minimum atomic E-state index is -4.09. The van der Waals surface area contributed by atoms with Crippen LogP contribution in [0.4, 0.5) is 11.6 Å². The molecule has 42 heavy (non-hydrogen) atoms. The molecule has 1 unspecified atom stereocenters. The van der Waals surface area contributed by atoms with E-state index in [4.69, 9.17) is 27.6 Å². The number of piperazine rings is 1. The molecule has 2 aromatic heterocycles. The predicted molar refractivity (Wildman–Crippen MR) is 158 cm³/mol. The van der Waals surface area contributed by atoms with Gasteiger partial charge in [-0.05, 0) is 42.8 Å². The second-order valence-electron chi connectivity index (χ2n) is 10.5. The van der Waals surface area contributed by atoms with Crippen molar-refractivity contribution in [2.24, 2.45) is 0 Å². The molecule has 1 saturated heterocycles. The van der Waals surface area contributed by atoms with Crippen LogP contribution in [0, 0.1) is 0 Å². The molecule has 218 valence electrons. The number of rotatable bonds is 6. The van der Waals surface area contributed by atoms with Crippen LogP contribution in [-0.4, -0.2) is 65.2 Å². The van der Waals surface area contributed by atoms with Gasteiger partial charge in [0, 0.05) is 55.1 Å². The third-order valence-corrected chi connectivity index (χ3v) is 10.1. The monoisotopic (exact) mass is 627 g/mol. The van der Waals surface area contributed by atoms with Gasteiger partial charge < -0.3 is 9.32 Å². The van der Waals surface area contributed by atoms with Crippen LogP contribution < -0.4 is 4.90 Å². The summed E-state index contributed by atoms with van der Waals surface area (Å²) >= 11 is 12.6. The topological polar surface area (TPSA) is 109 Å². The smallest absolute Gasteiger partial charge is 0.260 e. The molecule has 0 bridgehead atoms. The van der Waals surface area contributed by atoms with Crippen LogP contribution >= 0.6 is 23.2 Å². The highest BCUT2D eigenvalue weighted by Gasteiger charge is 2.52. The number of anilines is 2. The van der Waals surface area contributed by atoms with Gasteiger partial charge in [0.15, 0.2) is 5.03 Å². The lowest BCUT2D eigenvalue weighted by atomic mass is 9.91. The maximum atomic E-state index is 14.3. The van der Waals surface area contributed by atoms with E-state index in [1.54, 1.807) is 42.4 Å². The third kappa shape index (κ3) is 4.80. The molecule has 0 aliphatic carbocycles. The zero-order chi connectivity index (χ0) is 29.8. The molecular weight excluding hydrogens is 601 g/mol. The molecule has 0 radical (unpaired) electrons. The van der Waals surface area contributed by atoms with Crippen molar-refractivity contribution >= 4 is 56.7 Å². The summed E-state index contributed by atoms with van der Waals surface area (Å²) in [6.45, 7) is 3.99. The average molecular weight is 629 g/mol. The number of aromatic nitrogens is 2. The van der Waals surface area contributed by atoms with Crippen LogP contribution in [-0.2, 0) is 31.6 Å². The van der Waals surface area contributed by atoms with Gasteiger partial charge in [-0.1, -0.05) is 47.5 Å². The van der Waals surface area contributed by atoms with E-state index in [1.807, 2.05) is 30.3 Å². The molecule has 13 heteroatoms. The molecule has 2 aliphatic rings. The number of furan rings is 1. The van der Waals surface area contributed by atoms with E-state index in [0.717, 1.165) is 11.1 Å². The van der Waals surface area contributed by atoms with Gasteiger partial charge in [-0.25, -0.2) is 18.3 Å². The summed E-state index contributed by atoms with van der Waals surface area (Å²) in [4.78, 5) is 33.6. The van der Waals surface area contributed by atoms with Crippen molar-refractivity contribution in [2.45, 2.75) is 30.8 Å². The summed E-state index contributed by atoms with van der Waals surface area (Å²) in [7, 11) is -4.09. The number of benzene rings is 2. The fourth-order valence-electron chi connectivity index (χ4n) is 5.62. The predicted octanol–water partition coefficient (Wildman–Crippen LogP) is 4.94. The van der Waals surface area contributed by atoms with Gasteiger partial charge in [0.2, 0.25) is 11.9 Å². The summed E-state index contributed by atoms with van der Waals surface area (Å²) in [6, 6.07) is 16.0. The van der Waals surface area contributed by atoms with Crippen molar-refractivity contribution in [2.75, 3.05) is 31.1 Å². The first-order valence-corrected chi connectivity index (χ1v) is 15.5. The van der Waals surface area contributed by atoms with Gasteiger partial charge in [-0.3, -0.25) is 14.2 Å². The van der Waals surface area contributed by atoms with E-state index in [1.165, 1.54) is 26.9 Å². The molecule has 0 N–H and O–H groups in total. The van der Waals surface area contributed by atoms with Crippen LogP contribution in [0.5, 0.6) is 0 Å². The number of nitrogens with zero attached hydrogens (tertiary/aromatic N) is 5. The summed E-state index contributed by atoms with van der Waals surface area (Å²) < 4.78 is 36.4. The Labute approximate surface area is 253 Å². The highest BCUT2D eigenvalue weighted by atomic mass is 35.5. The first-order chi connectivity index (χ1) is 20.0. The molecule has 10 nitrogen and oxygen atoms in total. The molecule has 6 rings (SSSR count). The number of hydrogen-bond acceptors (Lipinski definition) is 6. The lowest BCUT2D eigenvalue weighted by molar-refractivity contribution is -0.130. The fourth-order valence-corrected chi connectivity index (χ4v) is 7.74. The summed E-state index contributed by atoms with van der Waals surface area (Å²) in [5.74, 6) is 0.374. The summed E-state index contributed by atoms with van der Waals surface area (Å²) in [5.41, 5.74) is 0.694. The van der Waals surface area contributed by atoms with Gasteiger partial charge in [0.1, 0.15) is 11.3 Å². The molecule has 1 fully saturated rings. The van der Waals surface area contributed by atoms with E-state index in [-0.39, 0.29) is 55.4 Å². The van der Waals surface area contributed by atoms with E-state index < -0.39 is 15.6 Å². The zero-order valence-corrected chi connectivity index (χ0v) is 25.2. The SMILES string of the molecule is CC(=O)N1CCN(S(=O)(=O)c2cnc3n2C(C)(Cc2ccc(-c4ccco4)cc2)C(=O)N3c2cc(Cl)cc(Cl)c2)CC1. The molecule has 4 aromatic rings. The Morgan fingerprint density at radius 2 is 1.69 bits per heavy atom. The number of carbonyl (C=O) groups is 2. The average Bonchev–Trinajstić information content (AvgIpc) is 3.68. The number of halogens is 2. The second-order valence-corrected chi connectivity index (χ2v) is 13.3. The maximum Gasteiger partial charge on any atom is 0.260 e. The van der Waals surface area contributed by atoms with E-state index in [0.29, 0.717) is 21.5 Å². The van der Waals surface area contributed by atoms with Crippen LogP contribution in [0.3, 0.4) is 0 Å². The Kier molecular flexibility index (Phi) is 7.17. The molecule has 2 amide bonds. The van der Waals surface area contributed by atoms with Gasteiger partial charge in [0.05, 0.1) is 18.1 Å². The van der Waals surface area contributed by atoms with E-state index >= 15 is 0 Å². The van der Waals surface area contributed by atoms with Gasteiger partial charge in [0.25, 0.3) is 15.9 Å². The molecule has 0 spiro atoms. The van der Waals surface area contributed by atoms with Gasteiger partial charge >= 0.3 is 0 Å². The summed E-state index contributed by atoms with van der Waals surface area (Å²) in [5, 5.41) is 0.538. The Morgan fingerprint density at radius 1 is 1.02 bits per heavy atom. The molecule has 1 atom stereocenters. The molecule has 4 heterocycles. The molecule has 2 aliphatic heterocycles. The number of fused-ring (bicyclic) bond motifs is 1. The fraction of sp³-hybridized carbons (Fsp3) is 0.276. The normalized spacial score (nSPS) is 19.4. The summed E-state index contributed by atoms with van der Waals surface area (Å²) in [6.07, 6.45) is 3.06. The Morgan fingerprint density at radius 3 is 2.29 bits per heavy atom. The Balaban J connectivity index is 1.43. The van der Waals surface area contributed by atoms with Gasteiger partial charge in [-0.15, -0.1) is 0 Å². The highest BCUT2D eigenvalue weighted by Crippen LogP contribution is 2.45. The van der Waals surface area contributed by atoms with E-state index in [9.17, 15) is 18.0 Å². The minimum Gasteiger partial charge on any atom is -0.464 e. The lowest BCUT2D eigenvalue weighted by Gasteiger charge is -2.34. The zero-order valence-electron chi connectivity index (χ0n) is 22.8. The van der Waals surface area contributed by atoms with E-state index in [2.05, 4.69) is 4.98 Å². The maximum absolute atomic E-state index is 14.3. The largest absolute Gasteiger partial charge is 0.464 e. The highest BCUT2D eigenvalue weighted by molar-refractivity contribution is 7.89. The Hall–Kier alpha value is -3.64. The quantitative estimate of drug-likeness (QED) is 0.300. The standard InChI is InChI=1S/C29H27Cl2N5O5S/c1-19(37)33-9-11-34(12-10-33)42(39,40)26-18-32-28-35(24-15-22(30)14-23(31)16-24)27(38)29(2,36(26)28)17-20-5-7-21(8-6-20)25-4-3-13-41-25/h3-8,13-16,18H,9-12,17H2,1-2H3.